The number of ether oxygens (including phenoxy) is 2. The van der Waals surface area contributed by atoms with Crippen molar-refractivity contribution in [2.45, 2.75) is 44.0 Å². The number of methoxy groups -OCH3 is 1. The van der Waals surface area contributed by atoms with Gasteiger partial charge in [0.25, 0.3) is 5.91 Å². The number of phenols is 1. The zero-order chi connectivity index (χ0) is 24.5. The lowest BCUT2D eigenvalue weighted by Gasteiger charge is -2.48. The Morgan fingerprint density at radius 2 is 1.97 bits per heavy atom. The third-order valence-electron chi connectivity index (χ3n) is 8.67. The van der Waals surface area contributed by atoms with Gasteiger partial charge in [0.05, 0.1) is 27.6 Å². The highest BCUT2D eigenvalue weighted by molar-refractivity contribution is 6.31. The van der Waals surface area contributed by atoms with Crippen molar-refractivity contribution in [3.8, 4) is 5.75 Å². The molecule has 4 atom stereocenters. The largest absolute Gasteiger partial charge is 0.508 e. The standard InChI is InChI=1S/C28H26N4O4/c1-28-26(35-3)17(29-2)11-20(36-28)31-18-9-8-13(33)10-15(18)22-23-16(12-30-27(23)34)21-14-6-4-5-7-19(14)32(28)25(21)24(22)31/h4-10,17,20,26,29,33H,11-12H2,1-3H3,(H,30,34)/t17-,20?,26-,28+/m0/s1. The van der Waals surface area contributed by atoms with Crippen LogP contribution in [-0.2, 0) is 21.7 Å². The number of para-hydroxylation sites is 1. The molecule has 3 aliphatic heterocycles. The van der Waals surface area contributed by atoms with Crippen molar-refractivity contribution < 1.29 is 19.4 Å². The second-order valence-electron chi connectivity index (χ2n) is 10.3. The van der Waals surface area contributed by atoms with E-state index in [9.17, 15) is 9.90 Å². The van der Waals surface area contributed by atoms with Crippen LogP contribution in [0.15, 0.2) is 42.5 Å². The fourth-order valence-electron chi connectivity index (χ4n) is 7.37. The van der Waals surface area contributed by atoms with E-state index in [0.29, 0.717) is 18.5 Å². The zero-order valence-corrected chi connectivity index (χ0v) is 20.3. The smallest absolute Gasteiger partial charge is 0.252 e. The van der Waals surface area contributed by atoms with E-state index in [4.69, 9.17) is 9.47 Å². The van der Waals surface area contributed by atoms with Crippen molar-refractivity contribution in [1.29, 1.82) is 0 Å². The van der Waals surface area contributed by atoms with Gasteiger partial charge in [0, 0.05) is 47.7 Å². The molecule has 8 rings (SSSR count). The van der Waals surface area contributed by atoms with Gasteiger partial charge in [-0.3, -0.25) is 4.79 Å². The van der Waals surface area contributed by atoms with Crippen LogP contribution in [0.1, 0.15) is 35.5 Å². The molecule has 0 saturated carbocycles. The Morgan fingerprint density at radius 1 is 1.14 bits per heavy atom. The number of benzene rings is 3. The molecule has 182 valence electrons. The summed E-state index contributed by atoms with van der Waals surface area (Å²) in [6, 6.07) is 13.8. The van der Waals surface area contributed by atoms with Crippen molar-refractivity contribution in [3.63, 3.8) is 0 Å². The summed E-state index contributed by atoms with van der Waals surface area (Å²) in [4.78, 5) is 13.3. The number of fused-ring (bicyclic) bond motifs is 13. The number of nitrogens with zero attached hydrogens (tertiary/aromatic N) is 2. The van der Waals surface area contributed by atoms with Gasteiger partial charge in [-0.2, -0.15) is 0 Å². The van der Waals surface area contributed by atoms with Gasteiger partial charge in [0.1, 0.15) is 18.1 Å². The van der Waals surface area contributed by atoms with Crippen LogP contribution in [0, 0.1) is 0 Å². The predicted octanol–water partition coefficient (Wildman–Crippen LogP) is 4.06. The molecule has 8 nitrogen and oxygen atoms in total. The maximum Gasteiger partial charge on any atom is 0.252 e. The average Bonchev–Trinajstić information content (AvgIpc) is 3.51. The molecule has 8 heteroatoms. The van der Waals surface area contributed by atoms with E-state index in [0.717, 1.165) is 49.2 Å². The van der Waals surface area contributed by atoms with E-state index >= 15 is 0 Å². The first kappa shape index (κ1) is 20.6. The lowest BCUT2D eigenvalue weighted by molar-refractivity contribution is -0.256. The number of rotatable bonds is 2. The quantitative estimate of drug-likeness (QED) is 0.353. The molecule has 0 spiro atoms. The number of hydrogen-bond donors (Lipinski definition) is 3. The first-order valence-electron chi connectivity index (χ1n) is 12.4. The number of hydrogen-bond acceptors (Lipinski definition) is 5. The molecule has 3 N–H and O–H groups in total. The molecule has 1 amide bonds. The van der Waals surface area contributed by atoms with Crippen LogP contribution in [0.4, 0.5) is 0 Å². The Morgan fingerprint density at radius 3 is 2.78 bits per heavy atom. The minimum absolute atomic E-state index is 0.0315. The van der Waals surface area contributed by atoms with Crippen LogP contribution in [-0.4, -0.2) is 46.5 Å². The first-order valence-corrected chi connectivity index (χ1v) is 12.4. The predicted molar refractivity (Wildman–Crippen MR) is 137 cm³/mol. The van der Waals surface area contributed by atoms with Gasteiger partial charge in [-0.05, 0) is 43.8 Å². The van der Waals surface area contributed by atoms with Gasteiger partial charge in [-0.1, -0.05) is 18.2 Å². The molecular weight excluding hydrogens is 456 g/mol. The molecule has 36 heavy (non-hydrogen) atoms. The van der Waals surface area contributed by atoms with Crippen molar-refractivity contribution in [2.75, 3.05) is 14.2 Å². The SMILES string of the molecule is CN[C@H]1CC2O[C@](C)([C@H]1OC)n1c3ccccc3c3c4c(c5c6cc(O)ccc6n2c5c31)C(=O)NC4. The summed E-state index contributed by atoms with van der Waals surface area (Å²) < 4.78 is 17.8. The molecule has 0 radical (unpaired) electrons. The van der Waals surface area contributed by atoms with E-state index in [2.05, 4.69) is 38.8 Å². The lowest BCUT2D eigenvalue weighted by Crippen LogP contribution is -2.59. The van der Waals surface area contributed by atoms with Crippen LogP contribution in [0.25, 0.3) is 43.6 Å². The topological polar surface area (TPSA) is 89.7 Å². The maximum atomic E-state index is 13.3. The minimum Gasteiger partial charge on any atom is -0.508 e. The van der Waals surface area contributed by atoms with E-state index in [1.807, 2.05) is 25.2 Å². The number of aromatic nitrogens is 2. The number of nitrogens with one attached hydrogen (secondary N) is 2. The van der Waals surface area contributed by atoms with E-state index in [1.54, 1.807) is 19.2 Å². The second-order valence-corrected chi connectivity index (χ2v) is 10.3. The summed E-state index contributed by atoms with van der Waals surface area (Å²) in [6.07, 6.45) is 0.145. The molecule has 2 aromatic heterocycles. The van der Waals surface area contributed by atoms with Crippen molar-refractivity contribution in [3.05, 3.63) is 53.6 Å². The van der Waals surface area contributed by atoms with Crippen LogP contribution < -0.4 is 10.6 Å². The molecular formula is C28H26N4O4. The molecule has 3 aromatic carbocycles. The third kappa shape index (κ3) is 2.16. The van der Waals surface area contributed by atoms with Crippen LogP contribution >= 0.6 is 0 Å². The van der Waals surface area contributed by atoms with Gasteiger partial charge in [-0.15, -0.1) is 0 Å². The highest BCUT2D eigenvalue weighted by Crippen LogP contribution is 2.53. The molecule has 1 fully saturated rings. The number of likely N-dealkylation sites (N-methyl/N-ethyl adjacent to an activating group) is 1. The molecule has 1 saturated heterocycles. The third-order valence-corrected chi connectivity index (χ3v) is 8.67. The summed E-state index contributed by atoms with van der Waals surface area (Å²) in [5, 5.41) is 20.9. The van der Waals surface area contributed by atoms with E-state index in [1.165, 1.54) is 0 Å². The normalized spacial score (nSPS) is 26.9. The highest BCUT2D eigenvalue weighted by Gasteiger charge is 2.53. The van der Waals surface area contributed by atoms with Crippen LogP contribution in [0.2, 0.25) is 0 Å². The molecule has 0 aliphatic carbocycles. The summed E-state index contributed by atoms with van der Waals surface area (Å²) in [5.41, 5.74) is 4.88. The zero-order valence-electron chi connectivity index (χ0n) is 20.3. The maximum absolute atomic E-state index is 13.3. The Hall–Kier alpha value is -3.59. The molecule has 3 aliphatic rings. The average molecular weight is 483 g/mol. The Balaban J connectivity index is 1.72. The van der Waals surface area contributed by atoms with Crippen molar-refractivity contribution in [1.82, 2.24) is 19.8 Å². The minimum atomic E-state index is -0.813. The van der Waals surface area contributed by atoms with E-state index < -0.39 is 5.72 Å². The summed E-state index contributed by atoms with van der Waals surface area (Å²) >= 11 is 0. The van der Waals surface area contributed by atoms with Crippen molar-refractivity contribution >= 4 is 49.5 Å². The number of carbonyl (C=O) groups excluding carboxylic acids is 1. The monoisotopic (exact) mass is 482 g/mol. The number of amides is 1. The van der Waals surface area contributed by atoms with Crippen molar-refractivity contribution in [2.24, 2.45) is 0 Å². The van der Waals surface area contributed by atoms with Gasteiger partial charge in [0.2, 0.25) is 0 Å². The summed E-state index contributed by atoms with van der Waals surface area (Å²) in [6.45, 7) is 2.58. The molecule has 2 bridgehead atoms. The Bertz CT molecular complexity index is 1800. The number of aromatic hydroxyl groups is 1. The number of phenolic OH excluding ortho intramolecular Hbond substituents is 1. The van der Waals surface area contributed by atoms with Gasteiger partial charge in [-0.25, -0.2) is 0 Å². The Labute approximate surface area is 206 Å². The summed E-state index contributed by atoms with van der Waals surface area (Å²) in [5.74, 6) is 0.0988. The first-order chi connectivity index (χ1) is 17.5. The fourth-order valence-corrected chi connectivity index (χ4v) is 7.37. The lowest BCUT2D eigenvalue weighted by atomic mass is 9.93. The molecule has 5 heterocycles. The molecule has 1 unspecified atom stereocenters. The highest BCUT2D eigenvalue weighted by atomic mass is 16.6. The van der Waals surface area contributed by atoms with Crippen LogP contribution in [0.3, 0.4) is 0 Å². The van der Waals surface area contributed by atoms with Gasteiger partial charge < -0.3 is 34.3 Å². The van der Waals surface area contributed by atoms with Gasteiger partial charge in [0.15, 0.2) is 5.72 Å². The van der Waals surface area contributed by atoms with E-state index in [-0.39, 0.29) is 30.0 Å². The summed E-state index contributed by atoms with van der Waals surface area (Å²) in [7, 11) is 3.71. The Kier molecular flexibility index (Phi) is 3.77. The molecule has 5 aromatic rings. The second kappa shape index (κ2) is 6.59. The van der Waals surface area contributed by atoms with Crippen LogP contribution in [0.5, 0.6) is 5.75 Å². The van der Waals surface area contributed by atoms with Gasteiger partial charge >= 0.3 is 0 Å². The fraction of sp³-hybridized carbons (Fsp3) is 0.321. The number of carbonyl (C=O) groups is 1.